The van der Waals surface area contributed by atoms with Gasteiger partial charge in [0.25, 0.3) is 0 Å². The minimum absolute atomic E-state index is 0.174. The maximum Gasteiger partial charge on any atom is 0.160 e. The topological polar surface area (TPSA) is 64.7 Å². The average molecular weight is 509 g/mol. The first-order valence-corrected chi connectivity index (χ1v) is 13.0. The molecular formula is C31H26F2N4O. The van der Waals surface area contributed by atoms with Crippen molar-refractivity contribution in [3.8, 4) is 22.6 Å². The monoisotopic (exact) mass is 508 g/mol. The van der Waals surface area contributed by atoms with Gasteiger partial charge < -0.3 is 4.52 Å². The van der Waals surface area contributed by atoms with Crippen molar-refractivity contribution in [2.75, 3.05) is 0 Å². The summed E-state index contributed by atoms with van der Waals surface area (Å²) in [5, 5.41) is 4.72. The Bertz CT molecular complexity index is 1750. The summed E-state index contributed by atoms with van der Waals surface area (Å²) in [7, 11) is 0. The van der Waals surface area contributed by atoms with Crippen LogP contribution < -0.4 is 0 Å². The van der Waals surface area contributed by atoms with Crippen molar-refractivity contribution in [2.24, 2.45) is 5.92 Å². The second kappa shape index (κ2) is 8.25. The third-order valence-electron chi connectivity index (χ3n) is 8.61. The van der Waals surface area contributed by atoms with Gasteiger partial charge in [0.05, 0.1) is 17.6 Å². The molecule has 0 amide bonds. The van der Waals surface area contributed by atoms with Gasteiger partial charge in [-0.15, -0.1) is 0 Å². The molecule has 3 heterocycles. The summed E-state index contributed by atoms with van der Waals surface area (Å²) >= 11 is 0. The third-order valence-corrected chi connectivity index (χ3v) is 8.61. The van der Waals surface area contributed by atoms with Crippen molar-refractivity contribution in [1.29, 1.82) is 0 Å². The summed E-state index contributed by atoms with van der Waals surface area (Å²) in [5.74, 6) is 1.13. The quantitative estimate of drug-likeness (QED) is 0.254. The molecule has 0 unspecified atom stereocenters. The van der Waals surface area contributed by atoms with E-state index in [1.54, 1.807) is 18.2 Å². The number of hydrogen-bond donors (Lipinski definition) is 0. The van der Waals surface area contributed by atoms with E-state index >= 15 is 4.39 Å². The van der Waals surface area contributed by atoms with Crippen LogP contribution in [0.4, 0.5) is 8.78 Å². The molecule has 0 bridgehead atoms. The van der Waals surface area contributed by atoms with E-state index in [1.165, 1.54) is 12.1 Å². The van der Waals surface area contributed by atoms with Crippen LogP contribution in [0.5, 0.6) is 0 Å². The van der Waals surface area contributed by atoms with E-state index in [0.29, 0.717) is 33.7 Å². The maximum absolute atomic E-state index is 15.3. The van der Waals surface area contributed by atoms with Gasteiger partial charge in [-0.25, -0.2) is 23.7 Å². The van der Waals surface area contributed by atoms with Crippen LogP contribution in [0.25, 0.3) is 33.5 Å². The minimum atomic E-state index is -0.396. The number of pyridine rings is 1. The van der Waals surface area contributed by atoms with Gasteiger partial charge in [-0.05, 0) is 56.4 Å². The molecule has 2 aromatic carbocycles. The van der Waals surface area contributed by atoms with Crippen molar-refractivity contribution in [2.45, 2.75) is 51.4 Å². The van der Waals surface area contributed by atoms with Gasteiger partial charge in [-0.3, -0.25) is 0 Å². The first-order valence-electron chi connectivity index (χ1n) is 13.0. The van der Waals surface area contributed by atoms with Crippen LogP contribution in [-0.2, 0) is 18.3 Å². The first-order chi connectivity index (χ1) is 18.3. The van der Waals surface area contributed by atoms with E-state index in [-0.39, 0.29) is 28.6 Å². The predicted molar refractivity (Wildman–Crippen MR) is 141 cm³/mol. The van der Waals surface area contributed by atoms with Crippen molar-refractivity contribution in [1.82, 2.24) is 20.1 Å². The van der Waals surface area contributed by atoms with E-state index in [9.17, 15) is 4.39 Å². The van der Waals surface area contributed by atoms with E-state index in [1.807, 2.05) is 31.3 Å². The molecule has 5 nitrogen and oxygen atoms in total. The molecule has 38 heavy (non-hydrogen) atoms. The van der Waals surface area contributed by atoms with Crippen molar-refractivity contribution in [3.05, 3.63) is 94.6 Å². The molecule has 7 heteroatoms. The molecule has 0 N–H and O–H groups in total. The lowest BCUT2D eigenvalue weighted by Crippen LogP contribution is -2.45. The highest BCUT2D eigenvalue weighted by Gasteiger charge is 2.50. The highest BCUT2D eigenvalue weighted by atomic mass is 19.1. The summed E-state index contributed by atoms with van der Waals surface area (Å²) in [6.45, 7) is 6.28. The fourth-order valence-corrected chi connectivity index (χ4v) is 6.88. The molecule has 0 aliphatic heterocycles. The molecule has 2 aliphatic carbocycles. The summed E-state index contributed by atoms with van der Waals surface area (Å²) in [6.07, 6.45) is 4.19. The van der Waals surface area contributed by atoms with Gasteiger partial charge >= 0.3 is 0 Å². The van der Waals surface area contributed by atoms with Gasteiger partial charge in [-0.2, -0.15) is 0 Å². The number of aryl methyl sites for hydroxylation is 1. The van der Waals surface area contributed by atoms with Crippen LogP contribution in [0, 0.1) is 24.5 Å². The van der Waals surface area contributed by atoms with Crippen LogP contribution >= 0.6 is 0 Å². The van der Waals surface area contributed by atoms with Crippen molar-refractivity contribution in [3.63, 3.8) is 0 Å². The summed E-state index contributed by atoms with van der Waals surface area (Å²) in [4.78, 5) is 14.7. The predicted octanol–water partition coefficient (Wildman–Crippen LogP) is 7.11. The summed E-state index contributed by atoms with van der Waals surface area (Å²) in [5.41, 5.74) is 5.34. The van der Waals surface area contributed by atoms with Gasteiger partial charge in [0.2, 0.25) is 0 Å². The molecule has 0 fully saturated rings. The Balaban J connectivity index is 1.55. The van der Waals surface area contributed by atoms with Gasteiger partial charge in [0, 0.05) is 44.7 Å². The first kappa shape index (κ1) is 23.1. The molecule has 2 aliphatic rings. The normalized spacial score (nSPS) is 22.1. The third kappa shape index (κ3) is 3.27. The highest BCUT2D eigenvalue weighted by molar-refractivity contribution is 5.93. The molecule has 0 spiro atoms. The minimum Gasteiger partial charge on any atom is -0.361 e. The SMILES string of the molecule is Cc1cc(-c2nc(-c3ccccc3F)c3c(n2)[C@]2(C)Cc4cnoc4[C@H](C)[C@H]2CC3)c2cccc(F)c2n1. The molecule has 0 saturated carbocycles. The number of para-hydroxylation sites is 1. The maximum atomic E-state index is 15.3. The Morgan fingerprint density at radius 2 is 1.79 bits per heavy atom. The number of fused-ring (bicyclic) bond motifs is 5. The lowest BCUT2D eigenvalue weighted by Gasteiger charge is -2.47. The van der Waals surface area contributed by atoms with Crippen molar-refractivity contribution < 1.29 is 13.3 Å². The molecule has 190 valence electrons. The Labute approximate surface area is 219 Å². The number of rotatable bonds is 2. The molecular weight excluding hydrogens is 482 g/mol. The molecule has 3 aromatic heterocycles. The van der Waals surface area contributed by atoms with E-state index in [2.05, 4.69) is 24.0 Å². The largest absolute Gasteiger partial charge is 0.361 e. The summed E-state index contributed by atoms with van der Waals surface area (Å²) in [6, 6.07) is 13.5. The fraction of sp³-hybridized carbons (Fsp3) is 0.290. The van der Waals surface area contributed by atoms with E-state index in [4.69, 9.17) is 14.5 Å². The lowest BCUT2D eigenvalue weighted by molar-refractivity contribution is 0.172. The number of benzene rings is 2. The van der Waals surface area contributed by atoms with Crippen molar-refractivity contribution >= 4 is 10.9 Å². The zero-order chi connectivity index (χ0) is 26.2. The molecule has 7 rings (SSSR count). The van der Waals surface area contributed by atoms with Crippen LogP contribution in [-0.4, -0.2) is 20.1 Å². The second-order valence-corrected chi connectivity index (χ2v) is 10.9. The van der Waals surface area contributed by atoms with Crippen LogP contribution in [0.15, 0.2) is 59.3 Å². The molecule has 5 aromatic rings. The Morgan fingerprint density at radius 1 is 0.974 bits per heavy atom. The summed E-state index contributed by atoms with van der Waals surface area (Å²) < 4.78 is 35.7. The van der Waals surface area contributed by atoms with E-state index in [0.717, 1.165) is 41.8 Å². The Morgan fingerprint density at radius 3 is 2.63 bits per heavy atom. The standard InChI is InChI=1S/C31H26F2N4O/c1-16-13-22(19-8-6-10-25(33)27(19)35-16)30-36-26(20-7-4-5-9-24(20)32)21-11-12-23-17(2)28-18(15-34-38-28)14-31(23,3)29(21)37-30/h4-10,13,15,17,23H,11-12,14H2,1-3H3/t17-,23-,31-/m1/s1. The van der Waals surface area contributed by atoms with Gasteiger partial charge in [-0.1, -0.05) is 43.3 Å². The number of hydrogen-bond acceptors (Lipinski definition) is 5. The highest BCUT2D eigenvalue weighted by Crippen LogP contribution is 2.54. The van der Waals surface area contributed by atoms with Gasteiger partial charge in [0.15, 0.2) is 5.82 Å². The van der Waals surface area contributed by atoms with Crippen LogP contribution in [0.3, 0.4) is 0 Å². The van der Waals surface area contributed by atoms with Gasteiger partial charge in [0.1, 0.15) is 22.9 Å². The zero-order valence-electron chi connectivity index (χ0n) is 21.4. The number of nitrogens with zero attached hydrogens (tertiary/aromatic N) is 4. The lowest BCUT2D eigenvalue weighted by atomic mass is 9.56. The number of aromatic nitrogens is 4. The van der Waals surface area contributed by atoms with Crippen LogP contribution in [0.2, 0.25) is 0 Å². The van der Waals surface area contributed by atoms with Crippen LogP contribution in [0.1, 0.15) is 54.5 Å². The molecule has 0 saturated heterocycles. The molecule has 0 radical (unpaired) electrons. The fourth-order valence-electron chi connectivity index (χ4n) is 6.88. The zero-order valence-corrected chi connectivity index (χ0v) is 21.4. The van der Waals surface area contributed by atoms with E-state index < -0.39 is 5.82 Å². The second-order valence-electron chi connectivity index (χ2n) is 10.9. The Hall–Kier alpha value is -4.00. The molecule has 3 atom stereocenters. The average Bonchev–Trinajstić information content (AvgIpc) is 3.37. The smallest absolute Gasteiger partial charge is 0.160 e. The number of halogens is 2. The Kier molecular flexibility index (Phi) is 5.02.